The lowest BCUT2D eigenvalue weighted by atomic mass is 10.4. The molecule has 0 aromatic carbocycles. The number of anilines is 2. The molecule has 0 aliphatic heterocycles. The van der Waals surface area contributed by atoms with Crippen LogP contribution in [0, 0.1) is 0 Å². The van der Waals surface area contributed by atoms with Gasteiger partial charge in [0.15, 0.2) is 0 Å². The Labute approximate surface area is 99.2 Å². The van der Waals surface area contributed by atoms with Crippen molar-refractivity contribution in [2.75, 3.05) is 38.2 Å². The number of H-pyrrole nitrogens is 1. The number of nitrogen functional groups attached to an aromatic ring is 1. The third-order valence-corrected chi connectivity index (χ3v) is 2.42. The fourth-order valence-electron chi connectivity index (χ4n) is 1.39. The van der Waals surface area contributed by atoms with Crippen LogP contribution in [-0.4, -0.2) is 41.6 Å². The van der Waals surface area contributed by atoms with Crippen molar-refractivity contribution in [3.05, 3.63) is 20.8 Å². The number of nitrogens with one attached hydrogen (secondary N) is 2. The van der Waals surface area contributed by atoms with Gasteiger partial charge in [-0.2, -0.15) is 0 Å². The molecule has 1 aromatic heterocycles. The number of rotatable bonds is 5. The largest absolute Gasteiger partial charge is 0.391 e. The first kappa shape index (κ1) is 13.3. The molecule has 0 unspecified atom stereocenters. The van der Waals surface area contributed by atoms with Crippen molar-refractivity contribution in [2.24, 2.45) is 7.05 Å². The highest BCUT2D eigenvalue weighted by Gasteiger charge is 2.07. The lowest BCUT2D eigenvalue weighted by Crippen LogP contribution is -2.35. The monoisotopic (exact) mass is 241 g/mol. The van der Waals surface area contributed by atoms with E-state index < -0.39 is 11.2 Å². The molecule has 0 spiro atoms. The van der Waals surface area contributed by atoms with Crippen molar-refractivity contribution in [2.45, 2.75) is 6.42 Å². The third kappa shape index (κ3) is 3.35. The van der Waals surface area contributed by atoms with Crippen LogP contribution in [0.2, 0.25) is 0 Å². The first-order valence-corrected chi connectivity index (χ1v) is 5.41. The van der Waals surface area contributed by atoms with Crippen LogP contribution < -0.4 is 22.3 Å². The molecule has 17 heavy (non-hydrogen) atoms. The average Bonchev–Trinajstić information content (AvgIpc) is 2.27. The molecule has 1 heterocycles. The zero-order valence-electron chi connectivity index (χ0n) is 10.4. The lowest BCUT2D eigenvalue weighted by Gasteiger charge is -2.11. The van der Waals surface area contributed by atoms with E-state index in [1.54, 1.807) is 0 Å². The first-order valence-electron chi connectivity index (χ1n) is 5.41. The molecule has 0 atom stereocenters. The summed E-state index contributed by atoms with van der Waals surface area (Å²) < 4.78 is 0.945. The quantitative estimate of drug-likeness (QED) is 0.576. The molecule has 1 aromatic rings. The molecule has 0 radical (unpaired) electrons. The van der Waals surface area contributed by atoms with Crippen LogP contribution in [0.15, 0.2) is 9.59 Å². The van der Waals surface area contributed by atoms with Gasteiger partial charge in [-0.25, -0.2) is 4.79 Å². The molecular formula is C10H19N5O2. The summed E-state index contributed by atoms with van der Waals surface area (Å²) in [5.74, 6) is 0.303. The minimum Gasteiger partial charge on any atom is -0.391 e. The number of hydrogen-bond acceptors (Lipinski definition) is 5. The van der Waals surface area contributed by atoms with Crippen molar-refractivity contribution in [1.29, 1.82) is 0 Å². The van der Waals surface area contributed by atoms with Crippen LogP contribution >= 0.6 is 0 Å². The molecule has 1 rings (SSSR count). The zero-order valence-corrected chi connectivity index (χ0v) is 10.4. The molecular weight excluding hydrogens is 222 g/mol. The second-order valence-corrected chi connectivity index (χ2v) is 4.17. The topological polar surface area (TPSA) is 96.1 Å². The minimum absolute atomic E-state index is 0.0388. The van der Waals surface area contributed by atoms with Crippen LogP contribution in [0.5, 0.6) is 0 Å². The molecule has 0 aliphatic carbocycles. The molecule has 0 aliphatic rings. The maximum Gasteiger partial charge on any atom is 0.329 e. The Hall–Kier alpha value is -1.76. The Morgan fingerprint density at radius 3 is 2.65 bits per heavy atom. The number of nitrogens with zero attached hydrogens (tertiary/aromatic N) is 2. The summed E-state index contributed by atoms with van der Waals surface area (Å²) in [5.41, 5.74) is 4.70. The second-order valence-electron chi connectivity index (χ2n) is 4.17. The fourth-order valence-corrected chi connectivity index (χ4v) is 1.39. The Kier molecular flexibility index (Phi) is 4.33. The predicted octanol–water partition coefficient (Wildman–Crippen LogP) is -0.981. The van der Waals surface area contributed by atoms with Gasteiger partial charge in [-0.05, 0) is 27.1 Å². The molecule has 7 heteroatoms. The van der Waals surface area contributed by atoms with Crippen LogP contribution in [0.25, 0.3) is 0 Å². The number of aromatic nitrogens is 2. The highest BCUT2D eigenvalue weighted by atomic mass is 16.2. The Morgan fingerprint density at radius 2 is 2.06 bits per heavy atom. The summed E-state index contributed by atoms with van der Waals surface area (Å²) in [4.78, 5) is 27.5. The Balaban J connectivity index is 2.73. The zero-order chi connectivity index (χ0) is 13.0. The van der Waals surface area contributed by atoms with Gasteiger partial charge >= 0.3 is 5.69 Å². The van der Waals surface area contributed by atoms with Gasteiger partial charge in [-0.15, -0.1) is 0 Å². The molecule has 7 nitrogen and oxygen atoms in total. The Bertz CT molecular complexity index is 488. The standard InChI is InChI=1S/C10H19N5O2/c1-14(2)6-4-5-12-8-7(11)9(16)15(3)10(17)13-8/h12H,4-6,11H2,1-3H3,(H,13,17). The van der Waals surface area contributed by atoms with Gasteiger partial charge in [0.2, 0.25) is 0 Å². The highest BCUT2D eigenvalue weighted by molar-refractivity contribution is 5.58. The molecule has 96 valence electrons. The van der Waals surface area contributed by atoms with Crippen LogP contribution in [0.4, 0.5) is 11.5 Å². The van der Waals surface area contributed by atoms with Gasteiger partial charge in [-0.3, -0.25) is 14.3 Å². The van der Waals surface area contributed by atoms with Gasteiger partial charge in [0.25, 0.3) is 5.56 Å². The maximum atomic E-state index is 11.5. The Morgan fingerprint density at radius 1 is 1.41 bits per heavy atom. The average molecular weight is 241 g/mol. The molecule has 0 saturated carbocycles. The van der Waals surface area contributed by atoms with E-state index in [9.17, 15) is 9.59 Å². The summed E-state index contributed by atoms with van der Waals surface area (Å²) in [6.07, 6.45) is 0.893. The van der Waals surface area contributed by atoms with E-state index in [4.69, 9.17) is 5.73 Å². The van der Waals surface area contributed by atoms with Crippen molar-refractivity contribution in [3.8, 4) is 0 Å². The third-order valence-electron chi connectivity index (χ3n) is 2.42. The van der Waals surface area contributed by atoms with Gasteiger partial charge < -0.3 is 16.0 Å². The summed E-state index contributed by atoms with van der Waals surface area (Å²) in [7, 11) is 5.34. The van der Waals surface area contributed by atoms with Gasteiger partial charge in [0, 0.05) is 13.6 Å². The second kappa shape index (κ2) is 5.53. The van der Waals surface area contributed by atoms with Crippen molar-refractivity contribution in [1.82, 2.24) is 14.5 Å². The van der Waals surface area contributed by atoms with Crippen LogP contribution in [-0.2, 0) is 7.05 Å². The van der Waals surface area contributed by atoms with Crippen molar-refractivity contribution in [3.63, 3.8) is 0 Å². The number of aromatic amines is 1. The smallest absolute Gasteiger partial charge is 0.329 e. The van der Waals surface area contributed by atoms with Crippen molar-refractivity contribution >= 4 is 11.5 Å². The highest BCUT2D eigenvalue weighted by Crippen LogP contribution is 2.05. The summed E-state index contributed by atoms with van der Waals surface area (Å²) in [6.45, 7) is 1.56. The SMILES string of the molecule is CN(C)CCCNc1[nH]c(=O)n(C)c(=O)c1N. The molecule has 4 N–H and O–H groups in total. The van der Waals surface area contributed by atoms with Crippen molar-refractivity contribution < 1.29 is 0 Å². The van der Waals surface area contributed by atoms with Gasteiger partial charge in [0.1, 0.15) is 11.5 Å². The fraction of sp³-hybridized carbons (Fsp3) is 0.600. The summed E-state index contributed by atoms with van der Waals surface area (Å²) in [6, 6.07) is 0. The van der Waals surface area contributed by atoms with E-state index >= 15 is 0 Å². The van der Waals surface area contributed by atoms with E-state index in [-0.39, 0.29) is 5.69 Å². The molecule has 0 bridgehead atoms. The molecule has 0 fully saturated rings. The lowest BCUT2D eigenvalue weighted by molar-refractivity contribution is 0.405. The minimum atomic E-state index is -0.483. The summed E-state index contributed by atoms with van der Waals surface area (Å²) >= 11 is 0. The number of hydrogen-bond donors (Lipinski definition) is 3. The summed E-state index contributed by atoms with van der Waals surface area (Å²) in [5, 5.41) is 2.96. The van der Waals surface area contributed by atoms with Crippen LogP contribution in [0.1, 0.15) is 6.42 Å². The normalized spacial score (nSPS) is 10.8. The molecule has 0 amide bonds. The number of nitrogens with two attached hydrogens (primary N) is 1. The van der Waals surface area contributed by atoms with Crippen LogP contribution in [0.3, 0.4) is 0 Å². The van der Waals surface area contributed by atoms with E-state index in [0.717, 1.165) is 17.5 Å². The van der Waals surface area contributed by atoms with Gasteiger partial charge in [-0.1, -0.05) is 0 Å². The van der Waals surface area contributed by atoms with E-state index in [2.05, 4.69) is 15.2 Å². The van der Waals surface area contributed by atoms with E-state index in [1.807, 2.05) is 14.1 Å². The molecule has 0 saturated heterocycles. The van der Waals surface area contributed by atoms with E-state index in [0.29, 0.717) is 12.4 Å². The van der Waals surface area contributed by atoms with Gasteiger partial charge in [0.05, 0.1) is 0 Å². The first-order chi connectivity index (χ1) is 7.93. The van der Waals surface area contributed by atoms with E-state index in [1.165, 1.54) is 7.05 Å². The maximum absolute atomic E-state index is 11.5. The predicted molar refractivity (Wildman–Crippen MR) is 68.4 cm³/mol.